The molecule has 0 aliphatic carbocycles. The second-order valence-electron chi connectivity index (χ2n) is 4.88. The number of thioether (sulfide) groups is 1. The SMILES string of the molecule is Cc1cc(C)n2c(SCC(=O)c3ccc(Cl)cc3)nnc2n1. The smallest absolute Gasteiger partial charge is 0.256 e. The molecule has 0 aliphatic heterocycles. The zero-order valence-electron chi connectivity index (χ0n) is 12.1. The maximum Gasteiger partial charge on any atom is 0.256 e. The van der Waals surface area contributed by atoms with E-state index in [1.807, 2.05) is 24.3 Å². The van der Waals surface area contributed by atoms with Crippen LogP contribution in [0.5, 0.6) is 0 Å². The molecule has 0 N–H and O–H groups in total. The minimum Gasteiger partial charge on any atom is -0.293 e. The van der Waals surface area contributed by atoms with Crippen LogP contribution in [-0.4, -0.2) is 31.1 Å². The summed E-state index contributed by atoms with van der Waals surface area (Å²) in [6, 6.07) is 8.83. The Labute approximate surface area is 136 Å². The molecule has 0 bridgehead atoms. The van der Waals surface area contributed by atoms with E-state index in [1.165, 1.54) is 11.8 Å². The Hall–Kier alpha value is -1.92. The topological polar surface area (TPSA) is 60.2 Å². The quantitative estimate of drug-likeness (QED) is 0.541. The summed E-state index contributed by atoms with van der Waals surface area (Å²) in [6.07, 6.45) is 0. The predicted octanol–water partition coefficient (Wildman–Crippen LogP) is 3.37. The lowest BCUT2D eigenvalue weighted by Gasteiger charge is -2.04. The van der Waals surface area contributed by atoms with Crippen LogP contribution in [0.25, 0.3) is 5.78 Å². The van der Waals surface area contributed by atoms with E-state index in [0.717, 1.165) is 11.4 Å². The third kappa shape index (κ3) is 2.98. The highest BCUT2D eigenvalue weighted by Crippen LogP contribution is 2.20. The average molecular weight is 333 g/mol. The molecule has 0 atom stereocenters. The number of carbonyl (C=O) groups excluding carboxylic acids is 1. The van der Waals surface area contributed by atoms with Crippen LogP contribution in [0, 0.1) is 13.8 Å². The number of rotatable bonds is 4. The van der Waals surface area contributed by atoms with Gasteiger partial charge < -0.3 is 0 Å². The third-order valence-electron chi connectivity index (χ3n) is 3.16. The molecule has 112 valence electrons. The maximum atomic E-state index is 12.2. The first-order chi connectivity index (χ1) is 10.5. The van der Waals surface area contributed by atoms with E-state index in [4.69, 9.17) is 11.6 Å². The highest BCUT2D eigenvalue weighted by atomic mass is 35.5. The van der Waals surface area contributed by atoms with E-state index in [-0.39, 0.29) is 11.5 Å². The molecule has 1 aromatic carbocycles. The first-order valence-electron chi connectivity index (χ1n) is 6.65. The number of ketones is 1. The second-order valence-corrected chi connectivity index (χ2v) is 6.25. The number of benzene rings is 1. The van der Waals surface area contributed by atoms with Crippen molar-refractivity contribution in [1.82, 2.24) is 19.6 Å². The summed E-state index contributed by atoms with van der Waals surface area (Å²) in [6.45, 7) is 3.88. The molecular weight excluding hydrogens is 320 g/mol. The van der Waals surface area contributed by atoms with Crippen molar-refractivity contribution < 1.29 is 4.79 Å². The molecule has 0 amide bonds. The molecule has 3 aromatic rings. The highest BCUT2D eigenvalue weighted by Gasteiger charge is 2.13. The van der Waals surface area contributed by atoms with Crippen molar-refractivity contribution in [3.05, 3.63) is 52.3 Å². The van der Waals surface area contributed by atoms with Crippen molar-refractivity contribution in [3.8, 4) is 0 Å². The summed E-state index contributed by atoms with van der Waals surface area (Å²) in [5.74, 6) is 0.866. The van der Waals surface area contributed by atoms with Crippen molar-refractivity contribution in [1.29, 1.82) is 0 Å². The number of aryl methyl sites for hydroxylation is 2. The summed E-state index contributed by atoms with van der Waals surface area (Å²) in [4.78, 5) is 16.5. The van der Waals surface area contributed by atoms with Gasteiger partial charge in [-0.05, 0) is 44.2 Å². The van der Waals surface area contributed by atoms with Crippen molar-refractivity contribution in [2.24, 2.45) is 0 Å². The fourth-order valence-corrected chi connectivity index (χ4v) is 3.15. The van der Waals surface area contributed by atoms with Gasteiger partial charge in [0.05, 0.1) is 5.75 Å². The lowest BCUT2D eigenvalue weighted by Crippen LogP contribution is -2.04. The first kappa shape index (κ1) is 15.0. The molecule has 0 saturated carbocycles. The molecule has 22 heavy (non-hydrogen) atoms. The number of halogens is 1. The molecule has 0 fully saturated rings. The minimum absolute atomic E-state index is 0.0242. The van der Waals surface area contributed by atoms with E-state index in [2.05, 4.69) is 15.2 Å². The molecule has 2 aromatic heterocycles. The average Bonchev–Trinajstić information content (AvgIpc) is 2.88. The molecule has 0 spiro atoms. The minimum atomic E-state index is 0.0242. The number of hydrogen-bond acceptors (Lipinski definition) is 5. The maximum absolute atomic E-state index is 12.2. The molecular formula is C15H13ClN4OS. The third-order valence-corrected chi connectivity index (χ3v) is 4.34. The van der Waals surface area contributed by atoms with E-state index in [9.17, 15) is 4.79 Å². The van der Waals surface area contributed by atoms with Crippen LogP contribution in [-0.2, 0) is 0 Å². The van der Waals surface area contributed by atoms with Gasteiger partial charge in [0.25, 0.3) is 5.78 Å². The summed E-state index contributed by atoms with van der Waals surface area (Å²) in [7, 11) is 0. The Morgan fingerprint density at radius 1 is 1.23 bits per heavy atom. The van der Waals surface area contributed by atoms with Crippen molar-refractivity contribution in [2.45, 2.75) is 19.0 Å². The number of hydrogen-bond donors (Lipinski definition) is 0. The van der Waals surface area contributed by atoms with Crippen LogP contribution in [0.15, 0.2) is 35.5 Å². The Kier molecular flexibility index (Phi) is 4.13. The number of aromatic nitrogens is 4. The first-order valence-corrected chi connectivity index (χ1v) is 8.02. The van der Waals surface area contributed by atoms with Gasteiger partial charge in [-0.25, -0.2) is 4.98 Å². The van der Waals surface area contributed by atoms with Gasteiger partial charge in [-0.2, -0.15) is 0 Å². The van der Waals surface area contributed by atoms with Crippen LogP contribution in [0.4, 0.5) is 0 Å². The molecule has 7 heteroatoms. The number of nitrogens with zero attached hydrogens (tertiary/aromatic N) is 4. The van der Waals surface area contributed by atoms with Crippen molar-refractivity contribution >= 4 is 34.9 Å². The van der Waals surface area contributed by atoms with Gasteiger partial charge >= 0.3 is 0 Å². The zero-order valence-corrected chi connectivity index (χ0v) is 13.6. The fraction of sp³-hybridized carbons (Fsp3) is 0.200. The highest BCUT2D eigenvalue weighted by molar-refractivity contribution is 7.99. The molecule has 2 heterocycles. The second kappa shape index (κ2) is 6.06. The van der Waals surface area contributed by atoms with Crippen LogP contribution >= 0.6 is 23.4 Å². The molecule has 0 saturated heterocycles. The van der Waals surface area contributed by atoms with Gasteiger partial charge in [0.15, 0.2) is 10.9 Å². The van der Waals surface area contributed by atoms with Gasteiger partial charge in [-0.1, -0.05) is 23.4 Å². The van der Waals surface area contributed by atoms with Crippen molar-refractivity contribution in [2.75, 3.05) is 5.75 Å². The molecule has 5 nitrogen and oxygen atoms in total. The predicted molar refractivity (Wildman–Crippen MR) is 86.8 cm³/mol. The largest absolute Gasteiger partial charge is 0.293 e. The van der Waals surface area contributed by atoms with Crippen molar-refractivity contribution in [3.63, 3.8) is 0 Å². The van der Waals surface area contributed by atoms with Gasteiger partial charge in [0, 0.05) is 22.0 Å². The fourth-order valence-electron chi connectivity index (χ4n) is 2.14. The Morgan fingerprint density at radius 3 is 2.68 bits per heavy atom. The summed E-state index contributed by atoms with van der Waals surface area (Å²) < 4.78 is 1.85. The Balaban J connectivity index is 1.79. The Morgan fingerprint density at radius 2 is 1.95 bits per heavy atom. The van der Waals surface area contributed by atoms with Gasteiger partial charge in [0.1, 0.15) is 0 Å². The van der Waals surface area contributed by atoms with E-state index >= 15 is 0 Å². The summed E-state index contributed by atoms with van der Waals surface area (Å²) >= 11 is 7.18. The number of Topliss-reactive ketones (excluding diaryl/α,β-unsaturated/α-hetero) is 1. The molecule has 0 aliphatic rings. The zero-order chi connectivity index (χ0) is 15.7. The summed E-state index contributed by atoms with van der Waals surface area (Å²) in [5.41, 5.74) is 2.52. The normalized spacial score (nSPS) is 11.0. The van der Waals surface area contributed by atoms with Gasteiger partial charge in [-0.3, -0.25) is 9.20 Å². The van der Waals surface area contributed by atoms with Crippen LogP contribution in [0.3, 0.4) is 0 Å². The molecule has 0 radical (unpaired) electrons. The number of carbonyl (C=O) groups is 1. The molecule has 3 rings (SSSR count). The standard InChI is InChI=1S/C15H13ClN4OS/c1-9-7-10(2)20-14(17-9)18-19-15(20)22-8-13(21)11-3-5-12(16)6-4-11/h3-7H,8H2,1-2H3. The van der Waals surface area contributed by atoms with E-state index in [0.29, 0.717) is 21.5 Å². The number of fused-ring (bicyclic) bond motifs is 1. The lowest BCUT2D eigenvalue weighted by molar-refractivity contribution is 0.102. The van der Waals surface area contributed by atoms with E-state index < -0.39 is 0 Å². The monoisotopic (exact) mass is 332 g/mol. The van der Waals surface area contributed by atoms with E-state index in [1.54, 1.807) is 24.3 Å². The van der Waals surface area contributed by atoms with Crippen LogP contribution in [0.1, 0.15) is 21.7 Å². The van der Waals surface area contributed by atoms with Crippen LogP contribution in [0.2, 0.25) is 5.02 Å². The van der Waals surface area contributed by atoms with Gasteiger partial charge in [0.2, 0.25) is 0 Å². The lowest BCUT2D eigenvalue weighted by atomic mass is 10.1. The van der Waals surface area contributed by atoms with Gasteiger partial charge in [-0.15, -0.1) is 10.2 Å². The van der Waals surface area contributed by atoms with Crippen LogP contribution < -0.4 is 0 Å². The Bertz CT molecular complexity index is 845. The summed E-state index contributed by atoms with van der Waals surface area (Å²) in [5, 5.41) is 9.46. The molecule has 0 unspecified atom stereocenters.